The lowest BCUT2D eigenvalue weighted by Crippen LogP contribution is -2.29. The highest BCUT2D eigenvalue weighted by atomic mass is 15.1. The monoisotopic (exact) mass is 248 g/mol. The van der Waals surface area contributed by atoms with Gasteiger partial charge < -0.3 is 5.32 Å². The highest BCUT2D eigenvalue weighted by Gasteiger charge is 2.09. The SMILES string of the molecule is CC.CNCc1ccc(CN2CCCCC2)cc1. The standard InChI is InChI=1S/C14H22N2.C2H6/c1-15-11-13-5-7-14(8-6-13)12-16-9-3-2-4-10-16;1-2/h5-8,15H,2-4,9-12H2,1H3;1-2H3. The Morgan fingerprint density at radius 2 is 1.50 bits per heavy atom. The maximum absolute atomic E-state index is 3.17. The molecule has 1 N–H and O–H groups in total. The number of piperidine rings is 1. The highest BCUT2D eigenvalue weighted by Crippen LogP contribution is 2.13. The molecule has 102 valence electrons. The van der Waals surface area contributed by atoms with Crippen LogP contribution in [0.2, 0.25) is 0 Å². The van der Waals surface area contributed by atoms with E-state index in [0.717, 1.165) is 13.1 Å². The Bertz CT molecular complexity index is 299. The summed E-state index contributed by atoms with van der Waals surface area (Å²) in [6.45, 7) is 8.64. The molecule has 1 fully saturated rings. The maximum Gasteiger partial charge on any atom is 0.0233 e. The Kier molecular flexibility index (Phi) is 7.70. The fraction of sp³-hybridized carbons (Fsp3) is 0.625. The molecule has 1 aromatic carbocycles. The van der Waals surface area contributed by atoms with Crippen LogP contribution in [0.1, 0.15) is 44.2 Å². The van der Waals surface area contributed by atoms with Gasteiger partial charge in [0.15, 0.2) is 0 Å². The van der Waals surface area contributed by atoms with Gasteiger partial charge in [-0.1, -0.05) is 44.5 Å². The fourth-order valence-corrected chi connectivity index (χ4v) is 2.34. The van der Waals surface area contributed by atoms with Gasteiger partial charge in [0.05, 0.1) is 0 Å². The summed E-state index contributed by atoms with van der Waals surface area (Å²) in [6, 6.07) is 8.99. The Labute approximate surface area is 112 Å². The first-order valence-electron chi connectivity index (χ1n) is 7.33. The minimum Gasteiger partial charge on any atom is -0.316 e. The predicted molar refractivity (Wildman–Crippen MR) is 79.7 cm³/mol. The molecule has 1 heterocycles. The largest absolute Gasteiger partial charge is 0.316 e. The molecule has 2 heteroatoms. The van der Waals surface area contributed by atoms with Gasteiger partial charge in [-0.05, 0) is 44.1 Å². The minimum absolute atomic E-state index is 0.962. The highest BCUT2D eigenvalue weighted by molar-refractivity contribution is 5.22. The van der Waals surface area contributed by atoms with E-state index in [9.17, 15) is 0 Å². The third kappa shape index (κ3) is 5.19. The number of rotatable bonds is 4. The Morgan fingerprint density at radius 1 is 0.944 bits per heavy atom. The van der Waals surface area contributed by atoms with Crippen molar-refractivity contribution < 1.29 is 0 Å². The van der Waals surface area contributed by atoms with Crippen LogP contribution in [0.25, 0.3) is 0 Å². The molecule has 1 aliphatic heterocycles. The second-order valence-corrected chi connectivity index (χ2v) is 4.68. The molecular formula is C16H28N2. The molecule has 2 rings (SSSR count). The van der Waals surface area contributed by atoms with Gasteiger partial charge in [0.1, 0.15) is 0 Å². The zero-order valence-corrected chi connectivity index (χ0v) is 12.2. The van der Waals surface area contributed by atoms with Crippen molar-refractivity contribution in [1.82, 2.24) is 10.2 Å². The van der Waals surface area contributed by atoms with E-state index >= 15 is 0 Å². The van der Waals surface area contributed by atoms with Crippen molar-refractivity contribution in [3.63, 3.8) is 0 Å². The summed E-state index contributed by atoms with van der Waals surface area (Å²) in [5.41, 5.74) is 2.81. The third-order valence-corrected chi connectivity index (χ3v) is 3.26. The average molecular weight is 248 g/mol. The summed E-state index contributed by atoms with van der Waals surface area (Å²) >= 11 is 0. The van der Waals surface area contributed by atoms with Crippen molar-refractivity contribution in [2.75, 3.05) is 20.1 Å². The van der Waals surface area contributed by atoms with Gasteiger partial charge in [-0.2, -0.15) is 0 Å². The molecule has 1 saturated heterocycles. The number of likely N-dealkylation sites (tertiary alicyclic amines) is 1. The number of nitrogens with zero attached hydrogens (tertiary/aromatic N) is 1. The van der Waals surface area contributed by atoms with Crippen LogP contribution in [0.4, 0.5) is 0 Å². The van der Waals surface area contributed by atoms with E-state index in [2.05, 4.69) is 34.5 Å². The van der Waals surface area contributed by atoms with Crippen LogP contribution >= 0.6 is 0 Å². The second kappa shape index (κ2) is 9.12. The van der Waals surface area contributed by atoms with Crippen LogP contribution in [0.15, 0.2) is 24.3 Å². The van der Waals surface area contributed by atoms with Crippen LogP contribution < -0.4 is 5.32 Å². The van der Waals surface area contributed by atoms with Crippen molar-refractivity contribution in [3.8, 4) is 0 Å². The molecule has 0 bridgehead atoms. The van der Waals surface area contributed by atoms with E-state index in [1.165, 1.54) is 43.5 Å². The lowest BCUT2D eigenvalue weighted by molar-refractivity contribution is 0.221. The van der Waals surface area contributed by atoms with Gasteiger partial charge in [-0.15, -0.1) is 0 Å². The fourth-order valence-electron chi connectivity index (χ4n) is 2.34. The third-order valence-electron chi connectivity index (χ3n) is 3.26. The van der Waals surface area contributed by atoms with Crippen molar-refractivity contribution in [2.24, 2.45) is 0 Å². The summed E-state index contributed by atoms with van der Waals surface area (Å²) in [4.78, 5) is 2.57. The molecule has 18 heavy (non-hydrogen) atoms. The zero-order valence-electron chi connectivity index (χ0n) is 12.2. The molecule has 1 aromatic rings. The van der Waals surface area contributed by atoms with Gasteiger partial charge in [0.2, 0.25) is 0 Å². The van der Waals surface area contributed by atoms with Gasteiger partial charge in [0, 0.05) is 13.1 Å². The van der Waals surface area contributed by atoms with Gasteiger partial charge in [-0.3, -0.25) is 4.90 Å². The van der Waals surface area contributed by atoms with Crippen molar-refractivity contribution in [2.45, 2.75) is 46.2 Å². The summed E-state index contributed by atoms with van der Waals surface area (Å²) in [7, 11) is 1.99. The van der Waals surface area contributed by atoms with Gasteiger partial charge in [0.25, 0.3) is 0 Å². The van der Waals surface area contributed by atoms with E-state index < -0.39 is 0 Å². The van der Waals surface area contributed by atoms with Crippen molar-refractivity contribution in [3.05, 3.63) is 35.4 Å². The molecule has 0 amide bonds. The molecular weight excluding hydrogens is 220 g/mol. The summed E-state index contributed by atoms with van der Waals surface area (Å²) in [5.74, 6) is 0. The second-order valence-electron chi connectivity index (χ2n) is 4.68. The van der Waals surface area contributed by atoms with E-state index in [1.54, 1.807) is 0 Å². The average Bonchev–Trinajstić information content (AvgIpc) is 2.45. The first-order chi connectivity index (χ1) is 8.88. The molecule has 0 radical (unpaired) electrons. The number of hydrogen-bond acceptors (Lipinski definition) is 2. The van der Waals surface area contributed by atoms with E-state index in [-0.39, 0.29) is 0 Å². The van der Waals surface area contributed by atoms with Crippen LogP contribution in [0.5, 0.6) is 0 Å². The van der Waals surface area contributed by atoms with E-state index in [1.807, 2.05) is 20.9 Å². The Balaban J connectivity index is 0.000000771. The van der Waals surface area contributed by atoms with Crippen LogP contribution in [0.3, 0.4) is 0 Å². The normalized spacial score (nSPS) is 15.9. The summed E-state index contributed by atoms with van der Waals surface area (Å²) < 4.78 is 0. The zero-order chi connectivity index (χ0) is 13.2. The number of benzene rings is 1. The lowest BCUT2D eigenvalue weighted by Gasteiger charge is -2.26. The first-order valence-corrected chi connectivity index (χ1v) is 7.33. The summed E-state index contributed by atoms with van der Waals surface area (Å²) in [5, 5.41) is 3.17. The molecule has 1 aliphatic rings. The number of nitrogens with one attached hydrogen (secondary N) is 1. The number of hydrogen-bond donors (Lipinski definition) is 1. The molecule has 0 saturated carbocycles. The molecule has 0 unspecified atom stereocenters. The summed E-state index contributed by atoms with van der Waals surface area (Å²) in [6.07, 6.45) is 4.16. The smallest absolute Gasteiger partial charge is 0.0233 e. The molecule has 2 nitrogen and oxygen atoms in total. The lowest BCUT2D eigenvalue weighted by atomic mass is 10.1. The maximum atomic E-state index is 3.17. The molecule has 0 aliphatic carbocycles. The van der Waals surface area contributed by atoms with E-state index in [0.29, 0.717) is 0 Å². The Morgan fingerprint density at radius 3 is 2.06 bits per heavy atom. The molecule has 0 atom stereocenters. The molecule has 0 aromatic heterocycles. The van der Waals surface area contributed by atoms with Crippen LogP contribution in [0, 0.1) is 0 Å². The predicted octanol–water partition coefficient (Wildman–Crippen LogP) is 3.42. The van der Waals surface area contributed by atoms with Crippen molar-refractivity contribution in [1.29, 1.82) is 0 Å². The Hall–Kier alpha value is -0.860. The van der Waals surface area contributed by atoms with E-state index in [4.69, 9.17) is 0 Å². The topological polar surface area (TPSA) is 15.3 Å². The first kappa shape index (κ1) is 15.2. The molecule has 0 spiro atoms. The van der Waals surface area contributed by atoms with Crippen LogP contribution in [-0.2, 0) is 13.1 Å². The quantitative estimate of drug-likeness (QED) is 0.878. The van der Waals surface area contributed by atoms with Crippen LogP contribution in [-0.4, -0.2) is 25.0 Å². The van der Waals surface area contributed by atoms with Crippen molar-refractivity contribution >= 4 is 0 Å². The van der Waals surface area contributed by atoms with Gasteiger partial charge >= 0.3 is 0 Å². The van der Waals surface area contributed by atoms with Gasteiger partial charge in [-0.25, -0.2) is 0 Å². The minimum atomic E-state index is 0.962.